The Hall–Kier alpha value is -0.960. The predicted molar refractivity (Wildman–Crippen MR) is 105 cm³/mol. The Bertz CT molecular complexity index is 823. The van der Waals surface area contributed by atoms with E-state index in [1.807, 2.05) is 6.92 Å². The Balaban J connectivity index is 1.82. The average Bonchev–Trinajstić information content (AvgIpc) is 2.70. The van der Waals surface area contributed by atoms with E-state index in [4.69, 9.17) is 0 Å². The molecule has 1 saturated heterocycles. The Morgan fingerprint density at radius 1 is 0.852 bits per heavy atom. The van der Waals surface area contributed by atoms with Crippen molar-refractivity contribution in [3.05, 3.63) is 24.3 Å². The quantitative estimate of drug-likeness (QED) is 0.716. The van der Waals surface area contributed by atoms with Crippen LogP contribution < -0.4 is 0 Å². The topological polar surface area (TPSA) is 74.8 Å². The number of sulfonamides is 2. The Labute approximate surface area is 163 Å². The lowest BCUT2D eigenvalue weighted by atomic mass is 9.95. The highest BCUT2D eigenvalue weighted by Crippen LogP contribution is 2.28. The molecule has 2 fully saturated rings. The van der Waals surface area contributed by atoms with Crippen molar-refractivity contribution in [3.63, 3.8) is 0 Å². The molecule has 1 saturated carbocycles. The van der Waals surface area contributed by atoms with Crippen molar-refractivity contribution in [3.8, 4) is 0 Å². The van der Waals surface area contributed by atoms with Crippen LogP contribution in [0.15, 0.2) is 34.1 Å². The second-order valence-corrected chi connectivity index (χ2v) is 11.3. The Morgan fingerprint density at radius 2 is 1.37 bits per heavy atom. The average molecular weight is 415 g/mol. The first-order valence-corrected chi connectivity index (χ1v) is 12.9. The third kappa shape index (κ3) is 4.39. The first-order valence-electron chi connectivity index (χ1n) is 9.99. The second kappa shape index (κ2) is 8.59. The molecule has 0 spiro atoms. The zero-order valence-corrected chi connectivity index (χ0v) is 17.6. The van der Waals surface area contributed by atoms with E-state index in [-0.39, 0.29) is 15.8 Å². The van der Waals surface area contributed by atoms with Crippen molar-refractivity contribution in [1.82, 2.24) is 8.61 Å². The molecule has 1 aromatic rings. The maximum absolute atomic E-state index is 13.1. The van der Waals surface area contributed by atoms with E-state index >= 15 is 0 Å². The molecule has 0 atom stereocenters. The normalized spacial score (nSPS) is 20.8. The molecule has 1 aromatic carbocycles. The molecular weight excluding hydrogens is 384 g/mol. The summed E-state index contributed by atoms with van der Waals surface area (Å²) in [5.74, 6) is 0. The molecular formula is C19H30N2O4S2. The van der Waals surface area contributed by atoms with Crippen LogP contribution >= 0.6 is 0 Å². The van der Waals surface area contributed by atoms with E-state index in [9.17, 15) is 16.8 Å². The molecule has 8 heteroatoms. The maximum Gasteiger partial charge on any atom is 0.243 e. The minimum absolute atomic E-state index is 0.0468. The molecule has 1 heterocycles. The zero-order chi connectivity index (χ0) is 19.5. The van der Waals surface area contributed by atoms with Crippen molar-refractivity contribution in [2.75, 3.05) is 19.6 Å². The highest BCUT2D eigenvalue weighted by molar-refractivity contribution is 7.89. The standard InChI is InChI=1S/C19H30N2O4S2/c1-2-21(17-9-5-3-6-10-17)27(24,25)19-13-11-18(12-14-19)26(22,23)20-15-7-4-8-16-20/h11-14,17H,2-10,15-16H2,1H3. The minimum Gasteiger partial charge on any atom is -0.207 e. The molecule has 0 bridgehead atoms. The van der Waals surface area contributed by atoms with E-state index in [1.165, 1.54) is 28.6 Å². The summed E-state index contributed by atoms with van der Waals surface area (Å²) >= 11 is 0. The summed E-state index contributed by atoms with van der Waals surface area (Å²) in [5, 5.41) is 0. The summed E-state index contributed by atoms with van der Waals surface area (Å²) in [6.07, 6.45) is 7.88. The molecule has 27 heavy (non-hydrogen) atoms. The SMILES string of the molecule is CCN(C1CCCCC1)S(=O)(=O)c1ccc(S(=O)(=O)N2CCCCC2)cc1. The lowest BCUT2D eigenvalue weighted by Gasteiger charge is -2.32. The van der Waals surface area contributed by atoms with Crippen molar-refractivity contribution < 1.29 is 16.8 Å². The number of benzene rings is 1. The van der Waals surface area contributed by atoms with Gasteiger partial charge in [0.15, 0.2) is 0 Å². The van der Waals surface area contributed by atoms with Gasteiger partial charge in [0.25, 0.3) is 0 Å². The summed E-state index contributed by atoms with van der Waals surface area (Å²) in [6.45, 7) is 3.36. The van der Waals surface area contributed by atoms with Gasteiger partial charge in [0.1, 0.15) is 0 Å². The van der Waals surface area contributed by atoms with Gasteiger partial charge in [0.05, 0.1) is 9.79 Å². The van der Waals surface area contributed by atoms with Crippen LogP contribution in [0.2, 0.25) is 0 Å². The summed E-state index contributed by atoms with van der Waals surface area (Å²) < 4.78 is 54.8. The summed E-state index contributed by atoms with van der Waals surface area (Å²) in [7, 11) is -7.16. The molecule has 0 N–H and O–H groups in total. The lowest BCUT2D eigenvalue weighted by Crippen LogP contribution is -2.41. The van der Waals surface area contributed by atoms with Crippen LogP contribution in [0.3, 0.4) is 0 Å². The number of rotatable bonds is 6. The largest absolute Gasteiger partial charge is 0.243 e. The number of piperidine rings is 1. The first-order chi connectivity index (χ1) is 12.9. The van der Waals surface area contributed by atoms with E-state index < -0.39 is 20.0 Å². The zero-order valence-electron chi connectivity index (χ0n) is 16.0. The summed E-state index contributed by atoms with van der Waals surface area (Å²) in [5.41, 5.74) is 0. The molecule has 0 radical (unpaired) electrons. The fourth-order valence-electron chi connectivity index (χ4n) is 4.17. The maximum atomic E-state index is 13.1. The van der Waals surface area contributed by atoms with E-state index in [2.05, 4.69) is 0 Å². The van der Waals surface area contributed by atoms with Crippen molar-refractivity contribution in [2.24, 2.45) is 0 Å². The van der Waals surface area contributed by atoms with Crippen LogP contribution in [0.4, 0.5) is 0 Å². The van der Waals surface area contributed by atoms with Gasteiger partial charge >= 0.3 is 0 Å². The van der Waals surface area contributed by atoms with Crippen LogP contribution in [0.5, 0.6) is 0 Å². The van der Waals surface area contributed by atoms with E-state index in [1.54, 1.807) is 4.31 Å². The highest BCUT2D eigenvalue weighted by atomic mass is 32.2. The second-order valence-electron chi connectivity index (χ2n) is 7.44. The monoisotopic (exact) mass is 414 g/mol. The number of hydrogen-bond donors (Lipinski definition) is 0. The molecule has 0 amide bonds. The molecule has 0 unspecified atom stereocenters. The van der Waals surface area contributed by atoms with Crippen LogP contribution in [0.1, 0.15) is 58.3 Å². The number of hydrogen-bond acceptors (Lipinski definition) is 4. The fraction of sp³-hybridized carbons (Fsp3) is 0.684. The van der Waals surface area contributed by atoms with Gasteiger partial charge in [0, 0.05) is 25.7 Å². The minimum atomic E-state index is -3.61. The van der Waals surface area contributed by atoms with Gasteiger partial charge in [-0.1, -0.05) is 32.6 Å². The molecule has 2 aliphatic rings. The summed E-state index contributed by atoms with van der Waals surface area (Å²) in [6, 6.07) is 5.80. The molecule has 0 aromatic heterocycles. The predicted octanol–water partition coefficient (Wildman–Crippen LogP) is 3.20. The van der Waals surface area contributed by atoms with Crippen LogP contribution in [-0.4, -0.2) is 51.1 Å². The van der Waals surface area contributed by atoms with Crippen molar-refractivity contribution in [2.45, 2.75) is 74.1 Å². The third-order valence-corrected chi connectivity index (χ3v) is 9.63. The molecule has 3 rings (SSSR count). The highest BCUT2D eigenvalue weighted by Gasteiger charge is 2.32. The Kier molecular flexibility index (Phi) is 6.61. The first kappa shape index (κ1) is 20.8. The Morgan fingerprint density at radius 3 is 1.93 bits per heavy atom. The van der Waals surface area contributed by atoms with Gasteiger partial charge in [-0.25, -0.2) is 16.8 Å². The van der Waals surface area contributed by atoms with Gasteiger partial charge in [-0.3, -0.25) is 0 Å². The van der Waals surface area contributed by atoms with Gasteiger partial charge in [-0.05, 0) is 49.9 Å². The van der Waals surface area contributed by atoms with Gasteiger partial charge in [-0.2, -0.15) is 8.61 Å². The van der Waals surface area contributed by atoms with Crippen molar-refractivity contribution in [1.29, 1.82) is 0 Å². The van der Waals surface area contributed by atoms with E-state index in [0.717, 1.165) is 51.4 Å². The molecule has 6 nitrogen and oxygen atoms in total. The van der Waals surface area contributed by atoms with Crippen LogP contribution in [0.25, 0.3) is 0 Å². The van der Waals surface area contributed by atoms with Crippen LogP contribution in [0, 0.1) is 0 Å². The molecule has 1 aliphatic heterocycles. The molecule has 152 valence electrons. The van der Waals surface area contributed by atoms with Gasteiger partial charge < -0.3 is 0 Å². The van der Waals surface area contributed by atoms with Gasteiger partial charge in [0.2, 0.25) is 20.0 Å². The van der Waals surface area contributed by atoms with Crippen molar-refractivity contribution >= 4 is 20.0 Å². The summed E-state index contributed by atoms with van der Waals surface area (Å²) in [4.78, 5) is 0.344. The third-order valence-electron chi connectivity index (χ3n) is 5.68. The van der Waals surface area contributed by atoms with E-state index in [0.29, 0.717) is 19.6 Å². The van der Waals surface area contributed by atoms with Crippen LogP contribution in [-0.2, 0) is 20.0 Å². The van der Waals surface area contributed by atoms with Gasteiger partial charge in [-0.15, -0.1) is 0 Å². The fourth-order valence-corrected chi connectivity index (χ4v) is 7.38. The number of nitrogens with zero attached hydrogens (tertiary/aromatic N) is 2. The smallest absolute Gasteiger partial charge is 0.207 e. The molecule has 1 aliphatic carbocycles. The lowest BCUT2D eigenvalue weighted by molar-refractivity contribution is 0.261.